The standard InChI is InChI=1S/C29H36N6O5S/c1-4-22-18-23(7-6-21(22)2)30-26-19-27(36)34(29(38)31-26)12-5-17-41-20-28(37)33-15-13-32(14-16-33)24-8-10-25(11-9-24)35(39)40-3/h6-11,18-19H,4-5,12-17,20H2,1-3H3,(H-,30,31,36,38)/p+1. The molecule has 1 aromatic heterocycles. The van der Waals surface area contributed by atoms with E-state index in [1.165, 1.54) is 40.6 Å². The molecule has 1 fully saturated rings. The third-order valence-corrected chi connectivity index (χ3v) is 8.18. The Kier molecular flexibility index (Phi) is 10.2. The zero-order valence-electron chi connectivity index (χ0n) is 23.7. The number of amides is 1. The Hall–Kier alpha value is -4.06. The number of hydrogen-bond donors (Lipinski definition) is 2. The Morgan fingerprint density at radius 2 is 1.80 bits per heavy atom. The summed E-state index contributed by atoms with van der Waals surface area (Å²) in [5.74, 6) is 1.46. The zero-order chi connectivity index (χ0) is 29.4. The van der Waals surface area contributed by atoms with E-state index in [9.17, 15) is 19.3 Å². The maximum Gasteiger partial charge on any atom is 0.329 e. The molecule has 0 spiro atoms. The Balaban J connectivity index is 1.19. The van der Waals surface area contributed by atoms with E-state index in [-0.39, 0.29) is 18.0 Å². The van der Waals surface area contributed by atoms with Crippen LogP contribution in [-0.2, 0) is 22.6 Å². The zero-order valence-corrected chi connectivity index (χ0v) is 24.5. The molecule has 218 valence electrons. The summed E-state index contributed by atoms with van der Waals surface area (Å²) in [7, 11) is 1.32. The van der Waals surface area contributed by atoms with Gasteiger partial charge in [0.15, 0.2) is 7.11 Å². The molecule has 1 saturated heterocycles. The Labute approximate surface area is 243 Å². The lowest BCUT2D eigenvalue weighted by molar-refractivity contribution is -0.736. The SMILES string of the molecule is CCc1cc(Nc2cc(=O)n(CCCSCC(=O)N3CCN(c4ccc([N+](=O)OC)cc4)CC3)c(=O)[nH]2)ccc1C. The number of carbonyl (C=O) groups excluding carboxylic acids is 1. The van der Waals surface area contributed by atoms with Crippen LogP contribution in [0.4, 0.5) is 22.9 Å². The highest BCUT2D eigenvalue weighted by Crippen LogP contribution is 2.21. The van der Waals surface area contributed by atoms with Gasteiger partial charge in [0.1, 0.15) is 5.82 Å². The number of carbonyl (C=O) groups is 1. The van der Waals surface area contributed by atoms with Crippen molar-refractivity contribution in [2.75, 3.05) is 55.0 Å². The minimum atomic E-state index is -0.458. The predicted octanol–water partition coefficient (Wildman–Crippen LogP) is 3.59. The highest BCUT2D eigenvalue weighted by atomic mass is 32.2. The van der Waals surface area contributed by atoms with Gasteiger partial charge in [-0.05, 0) is 60.9 Å². The Morgan fingerprint density at radius 1 is 1.07 bits per heavy atom. The molecule has 2 aromatic carbocycles. The number of aromatic amines is 1. The molecule has 11 nitrogen and oxygen atoms in total. The summed E-state index contributed by atoms with van der Waals surface area (Å²) in [5, 5.41) is 3.12. The second-order valence-electron chi connectivity index (χ2n) is 9.83. The molecule has 2 N–H and O–H groups in total. The second-order valence-corrected chi connectivity index (χ2v) is 10.9. The number of rotatable bonds is 12. The largest absolute Gasteiger partial charge is 0.368 e. The summed E-state index contributed by atoms with van der Waals surface area (Å²) in [6.07, 6.45) is 1.49. The number of hydrogen-bond acceptors (Lipinski definition) is 8. The van der Waals surface area contributed by atoms with E-state index in [1.807, 2.05) is 35.2 Å². The monoisotopic (exact) mass is 581 g/mol. The van der Waals surface area contributed by atoms with E-state index in [2.05, 4.69) is 33.9 Å². The molecule has 0 unspecified atom stereocenters. The number of thioether (sulfide) groups is 1. The normalized spacial score (nSPS) is 13.2. The van der Waals surface area contributed by atoms with Gasteiger partial charge in [-0.25, -0.2) is 9.63 Å². The highest BCUT2D eigenvalue weighted by molar-refractivity contribution is 7.99. The number of aromatic nitrogens is 2. The second kappa shape index (κ2) is 14.0. The molecule has 1 aliphatic rings. The van der Waals surface area contributed by atoms with Gasteiger partial charge in [-0.1, -0.05) is 13.0 Å². The van der Waals surface area contributed by atoms with E-state index < -0.39 is 5.69 Å². The molecule has 0 atom stereocenters. The minimum Gasteiger partial charge on any atom is -0.368 e. The van der Waals surface area contributed by atoms with E-state index in [4.69, 9.17) is 0 Å². The molecule has 2 heterocycles. The summed E-state index contributed by atoms with van der Waals surface area (Å²) < 4.78 is 1.19. The van der Waals surface area contributed by atoms with Gasteiger partial charge in [0.05, 0.1) is 10.7 Å². The fraction of sp³-hybridized carbons (Fsp3) is 0.414. The molecule has 12 heteroatoms. The molecule has 0 radical (unpaired) electrons. The van der Waals surface area contributed by atoms with E-state index >= 15 is 0 Å². The fourth-order valence-corrected chi connectivity index (χ4v) is 5.60. The van der Waals surface area contributed by atoms with Crippen molar-refractivity contribution < 1.29 is 14.6 Å². The summed E-state index contributed by atoms with van der Waals surface area (Å²) in [4.78, 5) is 61.3. The van der Waals surface area contributed by atoms with Crippen LogP contribution in [0.25, 0.3) is 0 Å². The fourth-order valence-electron chi connectivity index (χ4n) is 4.77. The summed E-state index contributed by atoms with van der Waals surface area (Å²) in [6.45, 7) is 7.09. The average Bonchev–Trinajstić information content (AvgIpc) is 2.98. The lowest BCUT2D eigenvalue weighted by Gasteiger charge is -2.36. The molecule has 1 amide bonds. The van der Waals surface area contributed by atoms with Crippen LogP contribution >= 0.6 is 11.8 Å². The maximum atomic E-state index is 12.7. The first-order chi connectivity index (χ1) is 19.8. The highest BCUT2D eigenvalue weighted by Gasteiger charge is 2.22. The van der Waals surface area contributed by atoms with Crippen LogP contribution in [-0.4, -0.2) is 70.1 Å². The number of aryl methyl sites for hydroxylation is 2. The van der Waals surface area contributed by atoms with Gasteiger partial charge in [-0.15, -0.1) is 0 Å². The molecular weight excluding hydrogens is 544 g/mol. The molecular formula is C29H37N6O5S+. The third kappa shape index (κ3) is 7.78. The number of H-pyrrole nitrogens is 1. The molecule has 0 bridgehead atoms. The number of nitrogens with zero attached hydrogens (tertiary/aromatic N) is 4. The van der Waals surface area contributed by atoms with Crippen LogP contribution in [0.1, 0.15) is 24.5 Å². The van der Waals surface area contributed by atoms with E-state index in [0.29, 0.717) is 60.5 Å². The molecule has 3 aromatic rings. The predicted molar refractivity (Wildman–Crippen MR) is 163 cm³/mol. The Morgan fingerprint density at radius 3 is 2.46 bits per heavy atom. The van der Waals surface area contributed by atoms with Gasteiger partial charge >= 0.3 is 11.4 Å². The molecule has 1 aliphatic heterocycles. The van der Waals surface area contributed by atoms with Gasteiger partial charge < -0.3 is 15.1 Å². The van der Waals surface area contributed by atoms with Crippen molar-refractivity contribution in [3.8, 4) is 0 Å². The van der Waals surface area contributed by atoms with Crippen LogP contribution in [0.3, 0.4) is 0 Å². The summed E-state index contributed by atoms with van der Waals surface area (Å²) in [5.41, 5.74) is 3.81. The van der Waals surface area contributed by atoms with Crippen molar-refractivity contribution in [3.05, 3.63) is 85.4 Å². The Bertz CT molecular complexity index is 1450. The summed E-state index contributed by atoms with van der Waals surface area (Å²) in [6, 6.07) is 14.5. The van der Waals surface area contributed by atoms with Crippen LogP contribution in [0.5, 0.6) is 0 Å². The van der Waals surface area contributed by atoms with Crippen LogP contribution in [0.15, 0.2) is 58.1 Å². The number of anilines is 3. The van der Waals surface area contributed by atoms with Gasteiger partial charge in [0, 0.05) is 62.3 Å². The third-order valence-electron chi connectivity index (χ3n) is 7.15. The van der Waals surface area contributed by atoms with Gasteiger partial charge in [-0.3, -0.25) is 19.1 Å². The van der Waals surface area contributed by atoms with Crippen molar-refractivity contribution in [1.29, 1.82) is 0 Å². The first-order valence-corrected chi connectivity index (χ1v) is 14.9. The minimum absolute atomic E-state index is 0.0832. The number of benzene rings is 2. The van der Waals surface area contributed by atoms with Crippen molar-refractivity contribution in [3.63, 3.8) is 0 Å². The number of nitrogens with one attached hydrogen (secondary N) is 2. The molecule has 4 rings (SSSR count). The van der Waals surface area contributed by atoms with E-state index in [0.717, 1.165) is 17.8 Å². The van der Waals surface area contributed by atoms with Crippen molar-refractivity contribution >= 4 is 40.5 Å². The average molecular weight is 582 g/mol. The quantitative estimate of drug-likeness (QED) is 0.246. The lowest BCUT2D eigenvalue weighted by atomic mass is 10.1. The van der Waals surface area contributed by atoms with Crippen LogP contribution in [0, 0.1) is 11.8 Å². The van der Waals surface area contributed by atoms with Crippen LogP contribution < -0.4 is 21.5 Å². The van der Waals surface area contributed by atoms with Crippen LogP contribution in [0.2, 0.25) is 0 Å². The maximum absolute atomic E-state index is 12.7. The van der Waals surface area contributed by atoms with Crippen molar-refractivity contribution in [2.24, 2.45) is 0 Å². The first kappa shape index (κ1) is 29.9. The van der Waals surface area contributed by atoms with E-state index in [1.54, 1.807) is 12.1 Å². The first-order valence-electron chi connectivity index (χ1n) is 13.7. The van der Waals surface area contributed by atoms with Gasteiger partial charge in [0.2, 0.25) is 5.91 Å². The van der Waals surface area contributed by atoms with Crippen molar-refractivity contribution in [1.82, 2.24) is 14.5 Å². The molecule has 41 heavy (non-hydrogen) atoms. The van der Waals surface area contributed by atoms with Crippen molar-refractivity contribution in [2.45, 2.75) is 33.2 Å². The smallest absolute Gasteiger partial charge is 0.329 e. The topological polar surface area (TPSA) is 120 Å². The molecule has 0 aliphatic carbocycles. The lowest BCUT2D eigenvalue weighted by Crippen LogP contribution is -2.49. The summed E-state index contributed by atoms with van der Waals surface area (Å²) >= 11 is 1.51. The van der Waals surface area contributed by atoms with Gasteiger partial charge in [0.25, 0.3) is 10.5 Å². The molecule has 0 saturated carbocycles. The van der Waals surface area contributed by atoms with Gasteiger partial charge in [-0.2, -0.15) is 11.8 Å². The number of piperazine rings is 1.